The first kappa shape index (κ1) is 19.5. The van der Waals surface area contributed by atoms with Gasteiger partial charge in [0.05, 0.1) is 22.7 Å². The number of hydrogen-bond acceptors (Lipinski definition) is 6. The van der Waals surface area contributed by atoms with Gasteiger partial charge in [0, 0.05) is 24.7 Å². The van der Waals surface area contributed by atoms with E-state index in [4.69, 9.17) is 4.42 Å². The Balaban J connectivity index is 1.78. The fraction of sp³-hybridized carbons (Fsp3) is 0.208. The molecular formula is C24H21N3O3S. The summed E-state index contributed by atoms with van der Waals surface area (Å²) in [6.07, 6.45) is 0. The van der Waals surface area contributed by atoms with Crippen molar-refractivity contribution in [2.75, 3.05) is 23.9 Å². The molecule has 0 bridgehead atoms. The lowest BCUT2D eigenvalue weighted by Gasteiger charge is -2.23. The van der Waals surface area contributed by atoms with Crippen LogP contribution in [0.2, 0.25) is 0 Å². The van der Waals surface area contributed by atoms with Crippen molar-refractivity contribution in [2.24, 2.45) is 0 Å². The Labute approximate surface area is 183 Å². The molecule has 1 unspecified atom stereocenters. The number of aryl methyl sites for hydroxylation is 2. The van der Waals surface area contributed by atoms with E-state index in [1.807, 2.05) is 57.1 Å². The maximum Gasteiger partial charge on any atom is 0.297 e. The minimum absolute atomic E-state index is 0.0934. The third-order valence-corrected chi connectivity index (χ3v) is 6.80. The Bertz CT molecular complexity index is 1370. The van der Waals surface area contributed by atoms with Gasteiger partial charge < -0.3 is 9.32 Å². The van der Waals surface area contributed by atoms with Crippen LogP contribution in [0.15, 0.2) is 57.7 Å². The molecule has 1 aliphatic rings. The van der Waals surface area contributed by atoms with Crippen LogP contribution in [0, 0.1) is 13.8 Å². The monoisotopic (exact) mass is 431 g/mol. The summed E-state index contributed by atoms with van der Waals surface area (Å²) in [5.74, 6) is -0.246. The number of amides is 1. The second kappa shape index (κ2) is 7.06. The Hall–Kier alpha value is -3.45. The molecule has 5 rings (SSSR count). The highest BCUT2D eigenvalue weighted by atomic mass is 32.1. The molecule has 1 amide bonds. The summed E-state index contributed by atoms with van der Waals surface area (Å²) in [6.45, 7) is 3.89. The maximum absolute atomic E-state index is 13.5. The first-order valence-corrected chi connectivity index (χ1v) is 10.8. The predicted molar refractivity (Wildman–Crippen MR) is 123 cm³/mol. The summed E-state index contributed by atoms with van der Waals surface area (Å²) in [4.78, 5) is 36.3. The lowest BCUT2D eigenvalue weighted by atomic mass is 9.98. The van der Waals surface area contributed by atoms with Gasteiger partial charge in [0.15, 0.2) is 10.6 Å². The maximum atomic E-state index is 13.5. The van der Waals surface area contributed by atoms with E-state index in [-0.39, 0.29) is 17.1 Å². The second-order valence-electron chi connectivity index (χ2n) is 7.87. The number of anilines is 2. The zero-order valence-corrected chi connectivity index (χ0v) is 18.5. The van der Waals surface area contributed by atoms with Gasteiger partial charge in [0.25, 0.3) is 5.91 Å². The molecule has 0 fully saturated rings. The molecule has 1 atom stereocenters. The van der Waals surface area contributed by atoms with Gasteiger partial charge in [-0.05, 0) is 43.7 Å². The first-order chi connectivity index (χ1) is 14.9. The fourth-order valence-corrected chi connectivity index (χ4v) is 4.88. The lowest BCUT2D eigenvalue weighted by Crippen LogP contribution is -2.29. The number of hydrogen-bond donors (Lipinski definition) is 0. The molecule has 1 aliphatic heterocycles. The van der Waals surface area contributed by atoms with Gasteiger partial charge in [0.1, 0.15) is 5.58 Å². The molecule has 0 saturated carbocycles. The van der Waals surface area contributed by atoms with Crippen LogP contribution in [0.1, 0.15) is 38.3 Å². The van der Waals surface area contributed by atoms with E-state index in [9.17, 15) is 9.59 Å². The SMILES string of the molecule is Cc1nc(N2C(=O)c3oc4ccccc4c(=O)c3C2c2ccc(N(C)C)cc2)sc1C. The van der Waals surface area contributed by atoms with E-state index in [2.05, 4.69) is 4.98 Å². The van der Waals surface area contributed by atoms with Crippen molar-refractivity contribution in [1.29, 1.82) is 0 Å². The van der Waals surface area contributed by atoms with E-state index >= 15 is 0 Å². The zero-order chi connectivity index (χ0) is 21.9. The highest BCUT2D eigenvalue weighted by Gasteiger charge is 2.45. The van der Waals surface area contributed by atoms with E-state index in [1.54, 1.807) is 29.2 Å². The molecule has 31 heavy (non-hydrogen) atoms. The second-order valence-corrected chi connectivity index (χ2v) is 9.05. The minimum Gasteiger partial charge on any atom is -0.450 e. The number of para-hydroxylation sites is 1. The van der Waals surface area contributed by atoms with E-state index in [1.165, 1.54) is 11.3 Å². The van der Waals surface area contributed by atoms with E-state index in [0.29, 0.717) is 21.7 Å². The van der Waals surface area contributed by atoms with Crippen LogP contribution < -0.4 is 15.2 Å². The van der Waals surface area contributed by atoms with Crippen LogP contribution in [-0.4, -0.2) is 25.0 Å². The van der Waals surface area contributed by atoms with Crippen molar-refractivity contribution in [2.45, 2.75) is 19.9 Å². The van der Waals surface area contributed by atoms with Crippen molar-refractivity contribution in [3.63, 3.8) is 0 Å². The van der Waals surface area contributed by atoms with Crippen LogP contribution in [0.5, 0.6) is 0 Å². The van der Waals surface area contributed by atoms with Gasteiger partial charge in [-0.1, -0.05) is 24.3 Å². The molecule has 4 aromatic rings. The number of rotatable bonds is 3. The standard InChI is InChI=1S/C24H21N3O3S/c1-13-14(2)31-24(25-13)27-20(15-9-11-16(12-10-15)26(3)4)19-21(28)17-7-5-6-8-18(17)30-22(19)23(27)29/h5-12,20H,1-4H3. The number of fused-ring (bicyclic) bond motifs is 2. The molecule has 2 aromatic carbocycles. The number of carbonyl (C=O) groups is 1. The Morgan fingerprint density at radius 2 is 1.74 bits per heavy atom. The molecule has 0 saturated heterocycles. The van der Waals surface area contributed by atoms with Crippen molar-refractivity contribution < 1.29 is 9.21 Å². The topological polar surface area (TPSA) is 66.7 Å². The number of nitrogens with zero attached hydrogens (tertiary/aromatic N) is 3. The average molecular weight is 432 g/mol. The van der Waals surface area contributed by atoms with Crippen LogP contribution in [0.4, 0.5) is 10.8 Å². The first-order valence-electron chi connectivity index (χ1n) is 9.97. The van der Waals surface area contributed by atoms with Crippen molar-refractivity contribution in [1.82, 2.24) is 4.98 Å². The largest absolute Gasteiger partial charge is 0.450 e. The minimum atomic E-state index is -0.593. The smallest absolute Gasteiger partial charge is 0.297 e. The van der Waals surface area contributed by atoms with Crippen LogP contribution in [0.25, 0.3) is 11.0 Å². The summed E-state index contributed by atoms with van der Waals surface area (Å²) in [7, 11) is 3.94. The lowest BCUT2D eigenvalue weighted by molar-refractivity contribution is 0.0971. The molecule has 0 radical (unpaired) electrons. The quantitative estimate of drug-likeness (QED) is 0.471. The van der Waals surface area contributed by atoms with Crippen LogP contribution >= 0.6 is 11.3 Å². The molecule has 0 spiro atoms. The predicted octanol–water partition coefficient (Wildman–Crippen LogP) is 4.68. The fourth-order valence-electron chi connectivity index (χ4n) is 3.95. The average Bonchev–Trinajstić information content (AvgIpc) is 3.24. The Morgan fingerprint density at radius 1 is 1.03 bits per heavy atom. The summed E-state index contributed by atoms with van der Waals surface area (Å²) >= 11 is 1.44. The van der Waals surface area contributed by atoms with Gasteiger partial charge in [-0.15, -0.1) is 11.3 Å². The molecule has 7 heteroatoms. The van der Waals surface area contributed by atoms with Crippen LogP contribution in [-0.2, 0) is 0 Å². The molecular weight excluding hydrogens is 410 g/mol. The number of thiazole rings is 1. The highest BCUT2D eigenvalue weighted by Crippen LogP contribution is 2.43. The van der Waals surface area contributed by atoms with Gasteiger partial charge in [-0.2, -0.15) is 0 Å². The van der Waals surface area contributed by atoms with Crippen molar-refractivity contribution in [3.8, 4) is 0 Å². The van der Waals surface area contributed by atoms with E-state index < -0.39 is 6.04 Å². The number of benzene rings is 2. The van der Waals surface area contributed by atoms with Gasteiger partial charge in [0.2, 0.25) is 5.76 Å². The van der Waals surface area contributed by atoms with Crippen molar-refractivity contribution >= 4 is 39.0 Å². The summed E-state index contributed by atoms with van der Waals surface area (Å²) < 4.78 is 5.98. The van der Waals surface area contributed by atoms with Gasteiger partial charge >= 0.3 is 0 Å². The highest BCUT2D eigenvalue weighted by molar-refractivity contribution is 7.15. The molecule has 6 nitrogen and oxygen atoms in total. The summed E-state index contributed by atoms with van der Waals surface area (Å²) in [5, 5.41) is 1.04. The molecule has 3 heterocycles. The van der Waals surface area contributed by atoms with E-state index in [0.717, 1.165) is 21.8 Å². The van der Waals surface area contributed by atoms with Gasteiger partial charge in [-0.3, -0.25) is 14.5 Å². The Kier molecular flexibility index (Phi) is 4.44. The molecule has 0 N–H and O–H groups in total. The summed E-state index contributed by atoms with van der Waals surface area (Å²) in [6, 6.07) is 14.3. The number of aromatic nitrogens is 1. The molecule has 2 aromatic heterocycles. The Morgan fingerprint density at radius 3 is 2.39 bits per heavy atom. The summed E-state index contributed by atoms with van der Waals surface area (Å²) in [5.41, 5.74) is 3.34. The number of carbonyl (C=O) groups excluding carboxylic acids is 1. The molecule has 0 aliphatic carbocycles. The van der Waals surface area contributed by atoms with Gasteiger partial charge in [-0.25, -0.2) is 4.98 Å². The molecule has 156 valence electrons. The van der Waals surface area contributed by atoms with Crippen molar-refractivity contribution in [3.05, 3.63) is 86.2 Å². The third-order valence-electron chi connectivity index (χ3n) is 5.73. The normalized spacial score (nSPS) is 15.5. The third kappa shape index (κ3) is 2.96. The zero-order valence-electron chi connectivity index (χ0n) is 17.7. The van der Waals surface area contributed by atoms with Crippen LogP contribution in [0.3, 0.4) is 0 Å².